The first kappa shape index (κ1) is 13.8. The Balaban J connectivity index is 2.31. The molecule has 2 N–H and O–H groups in total. The van der Waals surface area contributed by atoms with Crippen molar-refractivity contribution in [1.29, 1.82) is 0 Å². The number of aromatic nitrogens is 2. The van der Waals surface area contributed by atoms with Crippen molar-refractivity contribution in [3.63, 3.8) is 0 Å². The number of nitrogen functional groups attached to an aromatic ring is 1. The zero-order valence-corrected chi connectivity index (χ0v) is 11.3. The van der Waals surface area contributed by atoms with Crippen molar-refractivity contribution in [2.75, 3.05) is 43.4 Å². The van der Waals surface area contributed by atoms with E-state index < -0.39 is 4.92 Å². The van der Waals surface area contributed by atoms with Gasteiger partial charge in [-0.25, -0.2) is 0 Å². The minimum absolute atomic E-state index is 0.0731. The van der Waals surface area contributed by atoms with Crippen molar-refractivity contribution in [3.05, 3.63) is 15.4 Å². The Morgan fingerprint density at radius 3 is 2.53 bits per heavy atom. The highest BCUT2D eigenvalue weighted by Gasteiger charge is 2.28. The van der Waals surface area contributed by atoms with Crippen molar-refractivity contribution in [2.24, 2.45) is 0 Å². The van der Waals surface area contributed by atoms with E-state index in [4.69, 9.17) is 17.3 Å². The number of anilines is 2. The van der Waals surface area contributed by atoms with Gasteiger partial charge in [0, 0.05) is 26.2 Å². The number of rotatable bonds is 3. The zero-order chi connectivity index (χ0) is 14.0. The minimum Gasteiger partial charge on any atom is -0.378 e. The van der Waals surface area contributed by atoms with E-state index in [-0.39, 0.29) is 22.6 Å². The third-order valence-electron chi connectivity index (χ3n) is 3.17. The third-order valence-corrected chi connectivity index (χ3v) is 3.34. The summed E-state index contributed by atoms with van der Waals surface area (Å²) in [6, 6.07) is 0. The minimum atomic E-state index is -0.562. The summed E-state index contributed by atoms with van der Waals surface area (Å²) >= 11 is 5.74. The van der Waals surface area contributed by atoms with Gasteiger partial charge in [0.2, 0.25) is 16.9 Å². The highest BCUT2D eigenvalue weighted by molar-refractivity contribution is 6.28. The number of nitrogens with zero attached hydrogens (tertiary/aromatic N) is 5. The molecule has 0 atom stereocenters. The monoisotopic (exact) mass is 286 g/mol. The second-order valence-electron chi connectivity index (χ2n) is 4.23. The summed E-state index contributed by atoms with van der Waals surface area (Å²) in [5.74, 6) is 0.0103. The van der Waals surface area contributed by atoms with Crippen LogP contribution in [-0.4, -0.2) is 52.5 Å². The number of nitrogens with two attached hydrogens (primary N) is 1. The van der Waals surface area contributed by atoms with E-state index in [1.165, 1.54) is 0 Å². The van der Waals surface area contributed by atoms with Crippen molar-refractivity contribution in [1.82, 2.24) is 14.9 Å². The maximum Gasteiger partial charge on any atom is 0.353 e. The van der Waals surface area contributed by atoms with Gasteiger partial charge in [0.15, 0.2) is 0 Å². The van der Waals surface area contributed by atoms with Crippen LogP contribution in [0.4, 0.5) is 17.3 Å². The molecule has 1 saturated heterocycles. The maximum atomic E-state index is 11.1. The molecular weight excluding hydrogens is 272 g/mol. The molecule has 2 rings (SSSR count). The molecule has 0 amide bonds. The number of halogens is 1. The van der Waals surface area contributed by atoms with E-state index in [0.29, 0.717) is 13.1 Å². The lowest BCUT2D eigenvalue weighted by molar-refractivity contribution is -0.383. The highest BCUT2D eigenvalue weighted by Crippen LogP contribution is 2.32. The molecule has 0 unspecified atom stereocenters. The summed E-state index contributed by atoms with van der Waals surface area (Å²) in [6.45, 7) is 6.01. The van der Waals surface area contributed by atoms with Gasteiger partial charge in [0.1, 0.15) is 0 Å². The van der Waals surface area contributed by atoms with Crippen molar-refractivity contribution >= 4 is 28.9 Å². The molecule has 0 aromatic carbocycles. The van der Waals surface area contributed by atoms with Gasteiger partial charge >= 0.3 is 5.69 Å². The van der Waals surface area contributed by atoms with Gasteiger partial charge in [-0.05, 0) is 18.1 Å². The number of hydrogen-bond acceptors (Lipinski definition) is 7. The molecule has 0 saturated carbocycles. The molecule has 1 aliphatic rings. The summed E-state index contributed by atoms with van der Waals surface area (Å²) in [4.78, 5) is 22.2. The van der Waals surface area contributed by atoms with Gasteiger partial charge in [0.25, 0.3) is 0 Å². The normalized spacial score (nSPS) is 16.6. The van der Waals surface area contributed by atoms with Crippen LogP contribution < -0.4 is 10.6 Å². The Hall–Kier alpha value is -1.67. The van der Waals surface area contributed by atoms with Gasteiger partial charge in [-0.2, -0.15) is 9.97 Å². The van der Waals surface area contributed by atoms with Crippen LogP contribution in [0.2, 0.25) is 5.28 Å². The van der Waals surface area contributed by atoms with Gasteiger partial charge in [-0.15, -0.1) is 0 Å². The van der Waals surface area contributed by atoms with Crippen molar-refractivity contribution in [2.45, 2.75) is 6.92 Å². The highest BCUT2D eigenvalue weighted by atomic mass is 35.5. The molecule has 104 valence electrons. The van der Waals surface area contributed by atoms with E-state index in [1.807, 2.05) is 4.90 Å². The molecule has 2 heterocycles. The molecule has 19 heavy (non-hydrogen) atoms. The maximum absolute atomic E-state index is 11.1. The molecule has 0 bridgehead atoms. The number of piperazine rings is 1. The Bertz CT molecular complexity index is 489. The number of hydrogen-bond donors (Lipinski definition) is 1. The predicted octanol–water partition coefficient (Wildman–Crippen LogP) is 0.762. The van der Waals surface area contributed by atoms with E-state index in [0.717, 1.165) is 19.6 Å². The van der Waals surface area contributed by atoms with E-state index >= 15 is 0 Å². The smallest absolute Gasteiger partial charge is 0.353 e. The molecule has 9 heteroatoms. The molecule has 0 aliphatic carbocycles. The van der Waals surface area contributed by atoms with E-state index in [9.17, 15) is 10.1 Å². The topological polar surface area (TPSA) is 101 Å². The lowest BCUT2D eigenvalue weighted by atomic mass is 10.3. The first-order valence-electron chi connectivity index (χ1n) is 5.97. The van der Waals surface area contributed by atoms with Crippen molar-refractivity contribution in [3.8, 4) is 0 Å². The lowest BCUT2D eigenvalue weighted by Gasteiger charge is -2.34. The zero-order valence-electron chi connectivity index (χ0n) is 10.5. The first-order chi connectivity index (χ1) is 9.02. The fraction of sp³-hybridized carbons (Fsp3) is 0.600. The molecule has 1 aliphatic heterocycles. The number of nitro groups is 1. The van der Waals surface area contributed by atoms with Gasteiger partial charge in [-0.1, -0.05) is 6.92 Å². The summed E-state index contributed by atoms with van der Waals surface area (Å²) in [5.41, 5.74) is 5.30. The van der Waals surface area contributed by atoms with E-state index in [2.05, 4.69) is 21.8 Å². The summed E-state index contributed by atoms with van der Waals surface area (Å²) in [6.07, 6.45) is 0. The van der Waals surface area contributed by atoms with Crippen LogP contribution in [0.5, 0.6) is 0 Å². The Kier molecular flexibility index (Phi) is 4.01. The molecule has 0 spiro atoms. The molecule has 8 nitrogen and oxygen atoms in total. The van der Waals surface area contributed by atoms with Crippen LogP contribution in [0.3, 0.4) is 0 Å². The SMILES string of the molecule is CCN1CCN(c2nc(Cl)nc(N)c2[N+](=O)[O-])CC1. The summed E-state index contributed by atoms with van der Waals surface area (Å²) in [7, 11) is 0. The lowest BCUT2D eigenvalue weighted by Crippen LogP contribution is -2.46. The standard InChI is InChI=1S/C10H15ClN6O2/c1-2-15-3-5-16(6-4-15)9-7(17(18)19)8(12)13-10(11)14-9/h2-6H2,1H3,(H2,12,13,14). The van der Waals surface area contributed by atoms with Crippen LogP contribution in [0.1, 0.15) is 6.92 Å². The van der Waals surface area contributed by atoms with Gasteiger partial charge in [0.05, 0.1) is 4.92 Å². The fourth-order valence-electron chi connectivity index (χ4n) is 2.10. The predicted molar refractivity (Wildman–Crippen MR) is 72.4 cm³/mol. The second kappa shape index (κ2) is 5.54. The molecular formula is C10H15ClN6O2. The molecule has 1 aromatic rings. The molecule has 0 radical (unpaired) electrons. The molecule has 1 fully saturated rings. The second-order valence-corrected chi connectivity index (χ2v) is 4.57. The molecule has 1 aromatic heterocycles. The van der Waals surface area contributed by atoms with Crippen LogP contribution in [0, 0.1) is 10.1 Å². The Morgan fingerprint density at radius 2 is 2.00 bits per heavy atom. The summed E-state index contributed by atoms with van der Waals surface area (Å²) < 4.78 is 0. The number of likely N-dealkylation sites (N-methyl/N-ethyl adjacent to an activating group) is 1. The average Bonchev–Trinajstić information content (AvgIpc) is 2.37. The Labute approximate surface area is 115 Å². The van der Waals surface area contributed by atoms with Gasteiger partial charge < -0.3 is 15.5 Å². The van der Waals surface area contributed by atoms with Crippen LogP contribution >= 0.6 is 11.6 Å². The third kappa shape index (κ3) is 2.85. The average molecular weight is 287 g/mol. The van der Waals surface area contributed by atoms with Crippen LogP contribution in [0.15, 0.2) is 0 Å². The van der Waals surface area contributed by atoms with Crippen LogP contribution in [-0.2, 0) is 0 Å². The van der Waals surface area contributed by atoms with Gasteiger partial charge in [-0.3, -0.25) is 10.1 Å². The van der Waals surface area contributed by atoms with Crippen molar-refractivity contribution < 1.29 is 4.92 Å². The van der Waals surface area contributed by atoms with E-state index in [1.54, 1.807) is 0 Å². The first-order valence-corrected chi connectivity index (χ1v) is 6.35. The Morgan fingerprint density at radius 1 is 1.37 bits per heavy atom. The quantitative estimate of drug-likeness (QED) is 0.497. The van der Waals surface area contributed by atoms with Crippen LogP contribution in [0.25, 0.3) is 0 Å². The largest absolute Gasteiger partial charge is 0.378 e. The fourth-order valence-corrected chi connectivity index (χ4v) is 2.27. The summed E-state index contributed by atoms with van der Waals surface area (Å²) in [5, 5.41) is 11.0.